The molecule has 1 aromatic carbocycles. The molecule has 160 valence electrons. The fraction of sp³-hybridized carbons (Fsp3) is 0.333. The van der Waals surface area contributed by atoms with E-state index in [-0.39, 0.29) is 17.1 Å². The van der Waals surface area contributed by atoms with Gasteiger partial charge < -0.3 is 20.2 Å². The number of carbonyl (C=O) groups is 1. The number of aromatic amines is 2. The largest absolute Gasteiger partial charge is 0.361 e. The number of nitrogens with one attached hydrogen (secondary N) is 3. The summed E-state index contributed by atoms with van der Waals surface area (Å²) in [5, 5.41) is 5.04. The number of carbonyl (C=O) groups excluding carboxylic acids is 1. The third-order valence-electron chi connectivity index (χ3n) is 5.75. The molecule has 8 nitrogen and oxygen atoms in total. The van der Waals surface area contributed by atoms with Crippen LogP contribution in [0.1, 0.15) is 18.4 Å². The molecular weight excluding hydrogens is 437 g/mol. The molecule has 5 rings (SSSR count). The summed E-state index contributed by atoms with van der Waals surface area (Å²) < 4.78 is 0. The molecule has 1 amide bonds. The van der Waals surface area contributed by atoms with Gasteiger partial charge in [-0.05, 0) is 54.6 Å². The number of aromatic nitrogens is 5. The molecule has 31 heavy (non-hydrogen) atoms. The predicted molar refractivity (Wildman–Crippen MR) is 122 cm³/mol. The number of piperidine rings is 1. The maximum atomic E-state index is 12.9. The maximum Gasteiger partial charge on any atom is 0.226 e. The topological polar surface area (TPSA) is 103 Å². The van der Waals surface area contributed by atoms with Gasteiger partial charge in [0.15, 0.2) is 11.5 Å². The first kappa shape index (κ1) is 20.1. The molecular formula is C21H21Cl2N7O. The second kappa shape index (κ2) is 8.36. The Morgan fingerprint density at radius 3 is 3.06 bits per heavy atom. The Kier molecular flexibility index (Phi) is 5.41. The highest BCUT2D eigenvalue weighted by Crippen LogP contribution is 2.28. The molecule has 1 aliphatic rings. The SMILES string of the molecule is O=C(NCCc1c[nH]c2ccc(Cl)cc12)[C@H]1CCCN(c2nc(Cl)nc3nc[nH]c23)C1. The van der Waals surface area contributed by atoms with E-state index in [1.54, 1.807) is 6.33 Å². The summed E-state index contributed by atoms with van der Waals surface area (Å²) in [5.74, 6) is 0.641. The molecule has 0 bridgehead atoms. The van der Waals surface area contributed by atoms with Crippen LogP contribution in [0.15, 0.2) is 30.7 Å². The third-order valence-corrected chi connectivity index (χ3v) is 6.16. The quantitative estimate of drug-likeness (QED) is 0.396. The second-order valence-corrected chi connectivity index (χ2v) is 8.52. The summed E-state index contributed by atoms with van der Waals surface area (Å²) in [6.45, 7) is 1.95. The predicted octanol–water partition coefficient (Wildman–Crippen LogP) is 3.72. The lowest BCUT2D eigenvalue weighted by Gasteiger charge is -2.33. The molecule has 3 aromatic heterocycles. The smallest absolute Gasteiger partial charge is 0.226 e. The molecule has 0 unspecified atom stereocenters. The Morgan fingerprint density at radius 1 is 1.26 bits per heavy atom. The number of halogens is 2. The van der Waals surface area contributed by atoms with Crippen LogP contribution in [0.5, 0.6) is 0 Å². The second-order valence-electron chi connectivity index (χ2n) is 7.75. The van der Waals surface area contributed by atoms with Crippen LogP contribution in [0.2, 0.25) is 10.3 Å². The summed E-state index contributed by atoms with van der Waals surface area (Å²) >= 11 is 12.2. The van der Waals surface area contributed by atoms with Crippen LogP contribution in [0, 0.1) is 5.92 Å². The Morgan fingerprint density at radius 2 is 2.16 bits per heavy atom. The van der Waals surface area contributed by atoms with Gasteiger partial charge in [0.05, 0.1) is 12.2 Å². The normalized spacial score (nSPS) is 16.8. The van der Waals surface area contributed by atoms with Crippen LogP contribution in [0.3, 0.4) is 0 Å². The summed E-state index contributed by atoms with van der Waals surface area (Å²) in [7, 11) is 0. The molecule has 0 aliphatic carbocycles. The minimum Gasteiger partial charge on any atom is -0.361 e. The average molecular weight is 458 g/mol. The summed E-state index contributed by atoms with van der Waals surface area (Å²) in [6.07, 6.45) is 6.03. The van der Waals surface area contributed by atoms with E-state index in [1.807, 2.05) is 24.4 Å². The zero-order valence-corrected chi connectivity index (χ0v) is 18.2. The number of hydrogen-bond donors (Lipinski definition) is 3. The molecule has 1 aliphatic heterocycles. The van der Waals surface area contributed by atoms with Crippen LogP contribution in [0.4, 0.5) is 5.82 Å². The molecule has 0 radical (unpaired) electrons. The van der Waals surface area contributed by atoms with Crippen molar-refractivity contribution < 1.29 is 4.79 Å². The van der Waals surface area contributed by atoms with Crippen molar-refractivity contribution in [3.05, 3.63) is 46.6 Å². The standard InChI is InChI=1S/C21H21Cl2N7O/c22-14-3-4-16-15(8-14)12(9-25-16)5-6-24-20(31)13-2-1-7-30(10-13)19-17-18(27-11-26-17)28-21(23)29-19/h3-4,8-9,11,13,25H,1-2,5-7,10H2,(H,24,31)(H,26,27,28,29)/t13-/m0/s1. The first-order valence-electron chi connectivity index (χ1n) is 10.2. The van der Waals surface area contributed by atoms with Crippen molar-refractivity contribution in [3.63, 3.8) is 0 Å². The number of amides is 1. The van der Waals surface area contributed by atoms with Gasteiger partial charge in [0.1, 0.15) is 5.52 Å². The van der Waals surface area contributed by atoms with Gasteiger partial charge in [0, 0.05) is 41.8 Å². The number of rotatable bonds is 5. The van der Waals surface area contributed by atoms with E-state index in [1.165, 1.54) is 0 Å². The zero-order chi connectivity index (χ0) is 21.4. The first-order valence-corrected chi connectivity index (χ1v) is 11.0. The maximum absolute atomic E-state index is 12.9. The van der Waals surface area contributed by atoms with Crippen molar-refractivity contribution in [1.82, 2.24) is 30.2 Å². The first-order chi connectivity index (χ1) is 15.1. The molecule has 10 heteroatoms. The van der Waals surface area contributed by atoms with E-state index in [2.05, 4.69) is 35.1 Å². The van der Waals surface area contributed by atoms with Crippen molar-refractivity contribution in [1.29, 1.82) is 0 Å². The van der Waals surface area contributed by atoms with Gasteiger partial charge in [-0.25, -0.2) is 4.98 Å². The van der Waals surface area contributed by atoms with E-state index in [0.29, 0.717) is 29.6 Å². The van der Waals surface area contributed by atoms with E-state index in [9.17, 15) is 4.79 Å². The number of hydrogen-bond acceptors (Lipinski definition) is 5. The number of H-pyrrole nitrogens is 2. The third kappa shape index (κ3) is 4.05. The monoisotopic (exact) mass is 457 g/mol. The Hall–Kier alpha value is -2.84. The van der Waals surface area contributed by atoms with Crippen molar-refractivity contribution in [2.24, 2.45) is 5.92 Å². The summed E-state index contributed by atoms with van der Waals surface area (Å²) in [5.41, 5.74) is 3.45. The summed E-state index contributed by atoms with van der Waals surface area (Å²) in [4.78, 5) is 34.0. The van der Waals surface area contributed by atoms with E-state index >= 15 is 0 Å². The zero-order valence-electron chi connectivity index (χ0n) is 16.7. The lowest BCUT2D eigenvalue weighted by atomic mass is 9.97. The van der Waals surface area contributed by atoms with Crippen molar-refractivity contribution >= 4 is 57.0 Å². The van der Waals surface area contributed by atoms with Gasteiger partial charge in [-0.15, -0.1) is 0 Å². The molecule has 3 N–H and O–H groups in total. The fourth-order valence-corrected chi connectivity index (χ4v) is 4.56. The van der Waals surface area contributed by atoms with Gasteiger partial charge in [-0.2, -0.15) is 9.97 Å². The van der Waals surface area contributed by atoms with Crippen LogP contribution >= 0.6 is 23.2 Å². The summed E-state index contributed by atoms with van der Waals surface area (Å²) in [6, 6.07) is 5.78. The molecule has 1 saturated heterocycles. The van der Waals surface area contributed by atoms with Gasteiger partial charge >= 0.3 is 0 Å². The van der Waals surface area contributed by atoms with Gasteiger partial charge in [0.2, 0.25) is 11.2 Å². The van der Waals surface area contributed by atoms with Gasteiger partial charge in [-0.3, -0.25) is 4.79 Å². The molecule has 0 saturated carbocycles. The molecule has 1 fully saturated rings. The van der Waals surface area contributed by atoms with E-state index < -0.39 is 0 Å². The number of nitrogens with zero attached hydrogens (tertiary/aromatic N) is 4. The minimum atomic E-state index is -0.113. The molecule has 0 spiro atoms. The van der Waals surface area contributed by atoms with Crippen LogP contribution in [0.25, 0.3) is 22.1 Å². The Bertz CT molecular complexity index is 1250. The van der Waals surface area contributed by atoms with Crippen LogP contribution < -0.4 is 10.2 Å². The lowest BCUT2D eigenvalue weighted by molar-refractivity contribution is -0.125. The minimum absolute atomic E-state index is 0.0589. The highest BCUT2D eigenvalue weighted by Gasteiger charge is 2.28. The number of fused-ring (bicyclic) bond motifs is 2. The van der Waals surface area contributed by atoms with Crippen LogP contribution in [-0.2, 0) is 11.2 Å². The number of anilines is 1. The van der Waals surface area contributed by atoms with Crippen molar-refractivity contribution in [2.75, 3.05) is 24.5 Å². The fourth-order valence-electron chi connectivity index (χ4n) is 4.23. The van der Waals surface area contributed by atoms with E-state index in [4.69, 9.17) is 23.2 Å². The highest BCUT2D eigenvalue weighted by molar-refractivity contribution is 6.31. The molecule has 1 atom stereocenters. The van der Waals surface area contributed by atoms with Crippen LogP contribution in [-0.4, -0.2) is 50.5 Å². The Labute approximate surface area is 188 Å². The van der Waals surface area contributed by atoms with E-state index in [0.717, 1.165) is 47.8 Å². The lowest BCUT2D eigenvalue weighted by Crippen LogP contribution is -2.44. The Balaban J connectivity index is 1.23. The average Bonchev–Trinajstić information content (AvgIpc) is 3.40. The van der Waals surface area contributed by atoms with Crippen molar-refractivity contribution in [2.45, 2.75) is 19.3 Å². The van der Waals surface area contributed by atoms with Crippen molar-refractivity contribution in [3.8, 4) is 0 Å². The van der Waals surface area contributed by atoms with Gasteiger partial charge in [-0.1, -0.05) is 11.6 Å². The highest BCUT2D eigenvalue weighted by atomic mass is 35.5. The van der Waals surface area contributed by atoms with Gasteiger partial charge in [0.25, 0.3) is 0 Å². The number of benzene rings is 1. The molecule has 4 aromatic rings. The number of imidazole rings is 1. The molecule has 4 heterocycles.